The van der Waals surface area contributed by atoms with Crippen molar-refractivity contribution in [2.45, 2.75) is 60.3 Å². The van der Waals surface area contributed by atoms with Crippen molar-refractivity contribution in [2.75, 3.05) is 44.2 Å². The normalized spacial score (nSPS) is 15.0. The summed E-state index contributed by atoms with van der Waals surface area (Å²) in [6, 6.07) is 24.7. The molecule has 1 fully saturated rings. The zero-order valence-electron chi connectivity index (χ0n) is 26.4. The zero-order chi connectivity index (χ0) is 29.6. The summed E-state index contributed by atoms with van der Waals surface area (Å²) in [5.74, 6) is 1.71. The van der Waals surface area contributed by atoms with Crippen molar-refractivity contribution in [1.29, 1.82) is 0 Å². The van der Waals surface area contributed by atoms with Gasteiger partial charge in [0.15, 0.2) is 12.4 Å². The first-order valence-corrected chi connectivity index (χ1v) is 15.9. The van der Waals surface area contributed by atoms with Crippen LogP contribution in [-0.2, 0) is 0 Å². The molecule has 5 rings (SSSR count). The minimum Gasteiger partial charge on any atom is -0.356 e. The molecule has 0 aliphatic carbocycles. The second-order valence-electron chi connectivity index (χ2n) is 11.0. The van der Waals surface area contributed by atoms with Gasteiger partial charge in [-0.1, -0.05) is 39.7 Å². The molecular weight excluding hydrogens is 516 g/mol. The van der Waals surface area contributed by atoms with Crippen LogP contribution in [-0.4, -0.2) is 76.1 Å². The monoisotopic (exact) mass is 564 g/mol. The van der Waals surface area contributed by atoms with Crippen LogP contribution in [0.1, 0.15) is 65.9 Å². The molecule has 0 unspecified atom stereocenters. The summed E-state index contributed by atoms with van der Waals surface area (Å²) in [6.45, 7) is 18.9. The highest BCUT2D eigenvalue weighted by molar-refractivity contribution is 6.11. The maximum absolute atomic E-state index is 5.45. The number of hydrazine groups is 2. The van der Waals surface area contributed by atoms with E-state index in [-0.39, 0.29) is 0 Å². The van der Waals surface area contributed by atoms with E-state index in [2.05, 4.69) is 145 Å². The van der Waals surface area contributed by atoms with E-state index in [4.69, 9.17) is 4.98 Å². The van der Waals surface area contributed by atoms with Gasteiger partial charge in [-0.15, -0.1) is 0 Å². The van der Waals surface area contributed by atoms with Gasteiger partial charge >= 0.3 is 0 Å². The lowest BCUT2D eigenvalue weighted by atomic mass is 9.89. The molecule has 1 aromatic heterocycles. The van der Waals surface area contributed by atoms with Crippen LogP contribution in [0.4, 0.5) is 17.2 Å². The smallest absolute Gasteiger partial charge is 0.237 e. The van der Waals surface area contributed by atoms with Gasteiger partial charge in [-0.25, -0.2) is 4.98 Å². The summed E-state index contributed by atoms with van der Waals surface area (Å²) in [5.41, 5.74) is 4.84. The average molecular weight is 565 g/mol. The van der Waals surface area contributed by atoms with E-state index in [0.717, 1.165) is 69.1 Å². The zero-order valence-corrected chi connectivity index (χ0v) is 26.4. The van der Waals surface area contributed by atoms with E-state index < -0.39 is 0 Å². The molecule has 1 aliphatic heterocycles. The van der Waals surface area contributed by atoms with Crippen LogP contribution in [0.2, 0.25) is 0 Å². The highest BCUT2D eigenvalue weighted by atomic mass is 15.6. The lowest BCUT2D eigenvalue weighted by molar-refractivity contribution is -0.619. The molecular formula is C36H48N6+2. The molecule has 6 heteroatoms. The lowest BCUT2D eigenvalue weighted by Gasteiger charge is -2.34. The van der Waals surface area contributed by atoms with E-state index in [9.17, 15) is 0 Å². The molecule has 0 radical (unpaired) electrons. The molecule has 4 aromatic rings. The number of aromatic nitrogens is 1. The topological polar surface area (TPSA) is 28.6 Å². The summed E-state index contributed by atoms with van der Waals surface area (Å²) in [7, 11) is 0. The van der Waals surface area contributed by atoms with E-state index in [1.165, 1.54) is 27.4 Å². The van der Waals surface area contributed by atoms with E-state index in [0.29, 0.717) is 5.92 Å². The molecule has 1 saturated heterocycles. The third-order valence-electron chi connectivity index (χ3n) is 8.90. The maximum atomic E-state index is 5.45. The number of pyridine rings is 1. The quantitative estimate of drug-likeness (QED) is 0.0852. The Morgan fingerprint density at radius 1 is 0.714 bits per heavy atom. The van der Waals surface area contributed by atoms with Gasteiger partial charge in [-0.05, 0) is 69.5 Å². The van der Waals surface area contributed by atoms with Gasteiger partial charge in [-0.2, -0.15) is 10.0 Å². The molecule has 0 bridgehead atoms. The summed E-state index contributed by atoms with van der Waals surface area (Å²) >= 11 is 0. The number of anilines is 1. The third kappa shape index (κ3) is 5.72. The first kappa shape index (κ1) is 29.6. The Bertz CT molecular complexity index is 1560. The van der Waals surface area contributed by atoms with Crippen LogP contribution < -0.4 is 4.90 Å². The molecule has 0 atom stereocenters. The van der Waals surface area contributed by atoms with Crippen molar-refractivity contribution in [1.82, 2.24) is 15.0 Å². The molecule has 0 amide bonds. The fourth-order valence-corrected chi connectivity index (χ4v) is 6.65. The summed E-state index contributed by atoms with van der Waals surface area (Å²) in [5, 5.41) is 8.39. The van der Waals surface area contributed by atoms with Gasteiger partial charge in [0, 0.05) is 62.0 Å². The van der Waals surface area contributed by atoms with E-state index in [1.807, 2.05) is 0 Å². The van der Waals surface area contributed by atoms with Crippen molar-refractivity contribution in [3.05, 3.63) is 72.3 Å². The van der Waals surface area contributed by atoms with Crippen molar-refractivity contribution < 1.29 is 9.37 Å². The third-order valence-corrected chi connectivity index (χ3v) is 8.90. The molecule has 0 saturated carbocycles. The number of fused-ring (bicyclic) bond motifs is 3. The van der Waals surface area contributed by atoms with Crippen LogP contribution in [0.15, 0.2) is 66.7 Å². The Balaban J connectivity index is 1.63. The molecule has 0 spiro atoms. The number of hydrazone groups is 2. The lowest BCUT2D eigenvalue weighted by Crippen LogP contribution is -2.34. The van der Waals surface area contributed by atoms with E-state index >= 15 is 0 Å². The van der Waals surface area contributed by atoms with Crippen molar-refractivity contribution in [3.8, 4) is 0 Å². The number of hydrogen-bond donors (Lipinski definition) is 0. The second kappa shape index (κ2) is 13.4. The minimum absolute atomic E-state index is 0.604. The SMILES string of the molecule is CC=[N+](c1ccc2c(c1)nc(N1CCC(c3ccccc3)CC1)c1cc([N+](=CC)N(CC)CC)ccc12)N(CC)CC. The Labute approximate surface area is 252 Å². The Morgan fingerprint density at radius 2 is 1.26 bits per heavy atom. The number of piperidine rings is 1. The largest absolute Gasteiger partial charge is 0.356 e. The number of nitrogens with zero attached hydrogens (tertiary/aromatic N) is 6. The minimum atomic E-state index is 0.604. The van der Waals surface area contributed by atoms with Crippen LogP contribution in [0.5, 0.6) is 0 Å². The number of benzene rings is 3. The Kier molecular flexibility index (Phi) is 9.41. The van der Waals surface area contributed by atoms with Crippen molar-refractivity contribution in [3.63, 3.8) is 0 Å². The fourth-order valence-electron chi connectivity index (χ4n) is 6.65. The summed E-state index contributed by atoms with van der Waals surface area (Å²) in [4.78, 5) is 7.98. The van der Waals surface area contributed by atoms with E-state index in [1.54, 1.807) is 0 Å². The average Bonchev–Trinajstić information content (AvgIpc) is 3.05. The standard InChI is InChI=1S/C36H48N6/c1-7-39(8-2)41(11-5)30-18-20-32-33-21-19-31(42(12-6)40(9-3)10-4)27-35(33)37-36(34(32)26-30)38-24-22-29(23-25-38)28-16-14-13-15-17-28/h11-21,26-27,29H,7-10,22-25H2,1-6H3/q+2. The maximum Gasteiger partial charge on any atom is 0.237 e. The van der Waals surface area contributed by atoms with Gasteiger partial charge in [0.1, 0.15) is 5.82 Å². The van der Waals surface area contributed by atoms with Crippen LogP contribution >= 0.6 is 0 Å². The van der Waals surface area contributed by atoms with Crippen molar-refractivity contribution >= 4 is 51.3 Å². The Morgan fingerprint density at radius 3 is 1.81 bits per heavy atom. The molecule has 220 valence electrons. The molecule has 2 heterocycles. The van der Waals surface area contributed by atoms with Gasteiger partial charge < -0.3 is 4.90 Å². The predicted molar refractivity (Wildman–Crippen MR) is 179 cm³/mol. The molecule has 1 aliphatic rings. The molecule has 0 N–H and O–H groups in total. The first-order chi connectivity index (χ1) is 20.6. The fraction of sp³-hybridized carbons (Fsp3) is 0.417. The van der Waals surface area contributed by atoms with Crippen molar-refractivity contribution in [2.24, 2.45) is 0 Å². The van der Waals surface area contributed by atoms with Crippen LogP contribution in [0, 0.1) is 0 Å². The second-order valence-corrected chi connectivity index (χ2v) is 11.0. The molecule has 6 nitrogen and oxygen atoms in total. The predicted octanol–water partition coefficient (Wildman–Crippen LogP) is 7.76. The summed E-state index contributed by atoms with van der Waals surface area (Å²) in [6.07, 6.45) is 6.60. The molecule has 42 heavy (non-hydrogen) atoms. The number of hydrogen-bond acceptors (Lipinski definition) is 4. The van der Waals surface area contributed by atoms with Gasteiger partial charge in [-0.3, -0.25) is 0 Å². The van der Waals surface area contributed by atoms with Crippen LogP contribution in [0.25, 0.3) is 21.7 Å². The van der Waals surface area contributed by atoms with Crippen LogP contribution in [0.3, 0.4) is 0 Å². The van der Waals surface area contributed by atoms with Gasteiger partial charge in [0.2, 0.25) is 11.4 Å². The number of rotatable bonds is 10. The highest BCUT2D eigenvalue weighted by Crippen LogP contribution is 2.38. The Hall–Kier alpha value is -3.93. The highest BCUT2D eigenvalue weighted by Gasteiger charge is 2.26. The van der Waals surface area contributed by atoms with Gasteiger partial charge in [0.05, 0.1) is 31.7 Å². The van der Waals surface area contributed by atoms with Gasteiger partial charge in [0.25, 0.3) is 0 Å². The summed E-state index contributed by atoms with van der Waals surface area (Å²) < 4.78 is 4.55. The first-order valence-electron chi connectivity index (χ1n) is 15.9. The molecule has 3 aromatic carbocycles.